The second-order valence-corrected chi connectivity index (χ2v) is 4.08. The molecule has 16 heavy (non-hydrogen) atoms. The highest BCUT2D eigenvalue weighted by Gasteiger charge is 1.89. The molecule has 1 nitrogen and oxygen atoms in total. The summed E-state index contributed by atoms with van der Waals surface area (Å²) in [6.07, 6.45) is 0. The Bertz CT molecular complexity index is 387. The molecule has 0 aromatic heterocycles. The lowest BCUT2D eigenvalue weighted by molar-refractivity contribution is 0.474. The maximum atomic E-state index is 8.99. The number of aromatic hydroxyl groups is 1. The first-order valence-electron chi connectivity index (χ1n) is 5.06. The van der Waals surface area contributed by atoms with E-state index in [0.29, 0.717) is 5.75 Å². The Balaban J connectivity index is 0.000000165. The van der Waals surface area contributed by atoms with Crippen LogP contribution in [-0.4, -0.2) is 5.11 Å². The van der Waals surface area contributed by atoms with Gasteiger partial charge in [-0.1, -0.05) is 35.9 Å². The minimum atomic E-state index is 0.354. The first-order valence-corrected chi connectivity index (χ1v) is 5.43. The summed E-state index contributed by atoms with van der Waals surface area (Å²) in [5, 5.41) is 9.79. The van der Waals surface area contributed by atoms with Gasteiger partial charge in [-0.25, -0.2) is 0 Å². The summed E-state index contributed by atoms with van der Waals surface area (Å²) in [6, 6.07) is 15.0. The van der Waals surface area contributed by atoms with E-state index in [4.69, 9.17) is 16.7 Å². The number of benzene rings is 2. The molecule has 2 aromatic carbocycles. The molecule has 0 fully saturated rings. The molecule has 0 unspecified atom stereocenters. The first-order chi connectivity index (χ1) is 7.58. The second kappa shape index (κ2) is 6.19. The number of halogens is 1. The molecule has 0 amide bonds. The second-order valence-electron chi connectivity index (χ2n) is 3.64. The van der Waals surface area contributed by atoms with Gasteiger partial charge in [-0.05, 0) is 49.2 Å². The van der Waals surface area contributed by atoms with Gasteiger partial charge in [0.15, 0.2) is 0 Å². The normalized spacial score (nSPS) is 9.19. The molecule has 2 heteroatoms. The van der Waals surface area contributed by atoms with Crippen molar-refractivity contribution >= 4 is 11.6 Å². The van der Waals surface area contributed by atoms with Crippen LogP contribution in [0.25, 0.3) is 0 Å². The highest BCUT2D eigenvalue weighted by atomic mass is 35.5. The van der Waals surface area contributed by atoms with Crippen molar-refractivity contribution in [2.45, 2.75) is 13.8 Å². The highest BCUT2D eigenvalue weighted by molar-refractivity contribution is 6.30. The van der Waals surface area contributed by atoms with Crippen LogP contribution in [0.1, 0.15) is 11.1 Å². The van der Waals surface area contributed by atoms with E-state index in [1.54, 1.807) is 12.1 Å². The number of phenolic OH excluding ortho intramolecular Hbond substituents is 1. The Labute approximate surface area is 101 Å². The van der Waals surface area contributed by atoms with Gasteiger partial charge in [0.05, 0.1) is 0 Å². The molecule has 2 aromatic rings. The maximum absolute atomic E-state index is 8.99. The van der Waals surface area contributed by atoms with Crippen molar-refractivity contribution in [1.29, 1.82) is 0 Å². The molecule has 0 aliphatic rings. The first kappa shape index (κ1) is 12.6. The predicted octanol–water partition coefficient (Wildman–Crippen LogP) is 4.35. The summed E-state index contributed by atoms with van der Waals surface area (Å²) >= 11 is 5.54. The van der Waals surface area contributed by atoms with E-state index < -0.39 is 0 Å². The Hall–Kier alpha value is -1.47. The molecule has 0 saturated heterocycles. The lowest BCUT2D eigenvalue weighted by Gasteiger charge is -1.95. The number of hydrogen-bond acceptors (Lipinski definition) is 1. The average molecular weight is 235 g/mol. The van der Waals surface area contributed by atoms with E-state index >= 15 is 0 Å². The van der Waals surface area contributed by atoms with Crippen molar-refractivity contribution in [2.24, 2.45) is 0 Å². The van der Waals surface area contributed by atoms with E-state index in [-0.39, 0.29) is 0 Å². The quantitative estimate of drug-likeness (QED) is 0.719. The zero-order chi connectivity index (χ0) is 12.0. The summed E-state index contributed by atoms with van der Waals surface area (Å²) < 4.78 is 0. The van der Waals surface area contributed by atoms with Gasteiger partial charge in [-0.3, -0.25) is 0 Å². The predicted molar refractivity (Wildman–Crippen MR) is 69.0 cm³/mol. The smallest absolute Gasteiger partial charge is 0.116 e. The highest BCUT2D eigenvalue weighted by Crippen LogP contribution is 2.13. The molecular weight excluding hydrogens is 220 g/mol. The molecule has 0 atom stereocenters. The van der Waals surface area contributed by atoms with E-state index in [2.05, 4.69) is 0 Å². The number of phenols is 1. The third-order valence-corrected chi connectivity index (χ3v) is 2.19. The maximum Gasteiger partial charge on any atom is 0.116 e. The topological polar surface area (TPSA) is 20.2 Å². The Morgan fingerprint density at radius 2 is 1.38 bits per heavy atom. The Kier molecular flexibility index (Phi) is 4.87. The summed E-state index contributed by atoms with van der Waals surface area (Å²) in [6.45, 7) is 3.93. The van der Waals surface area contributed by atoms with Crippen LogP contribution in [-0.2, 0) is 0 Å². The van der Waals surface area contributed by atoms with Crippen LogP contribution in [0.2, 0.25) is 5.02 Å². The van der Waals surface area contributed by atoms with E-state index in [9.17, 15) is 0 Å². The summed E-state index contributed by atoms with van der Waals surface area (Å²) in [7, 11) is 0. The van der Waals surface area contributed by atoms with Gasteiger partial charge in [-0.15, -0.1) is 0 Å². The lowest BCUT2D eigenvalue weighted by atomic mass is 10.1. The third-order valence-electron chi connectivity index (χ3n) is 1.94. The largest absolute Gasteiger partial charge is 0.508 e. The third kappa shape index (κ3) is 4.85. The van der Waals surface area contributed by atoms with Crippen molar-refractivity contribution in [2.75, 3.05) is 0 Å². The van der Waals surface area contributed by atoms with Crippen molar-refractivity contribution < 1.29 is 5.11 Å². The molecule has 2 rings (SSSR count). The van der Waals surface area contributed by atoms with Crippen LogP contribution in [0, 0.1) is 13.8 Å². The van der Waals surface area contributed by atoms with Crippen molar-refractivity contribution in [1.82, 2.24) is 0 Å². The average Bonchev–Trinajstić information content (AvgIpc) is 2.17. The fourth-order valence-corrected chi connectivity index (χ4v) is 1.51. The van der Waals surface area contributed by atoms with Gasteiger partial charge >= 0.3 is 0 Å². The van der Waals surface area contributed by atoms with Gasteiger partial charge in [-0.2, -0.15) is 0 Å². The molecule has 0 aliphatic carbocycles. The van der Waals surface area contributed by atoms with E-state index in [0.717, 1.165) is 16.1 Å². The number of hydrogen-bond donors (Lipinski definition) is 1. The fraction of sp³-hybridized carbons (Fsp3) is 0.143. The molecular formula is C14H15ClO. The molecule has 84 valence electrons. The molecule has 1 N–H and O–H groups in total. The Morgan fingerprint density at radius 3 is 1.69 bits per heavy atom. The molecule has 0 heterocycles. The van der Waals surface area contributed by atoms with Crippen LogP contribution < -0.4 is 0 Å². The van der Waals surface area contributed by atoms with Gasteiger partial charge in [0.25, 0.3) is 0 Å². The number of aryl methyl sites for hydroxylation is 2. The van der Waals surface area contributed by atoms with Crippen molar-refractivity contribution in [3.63, 3.8) is 0 Å². The standard InChI is InChI=1S/C8H10O.C6H5Cl/c1-6-3-7(2)5-8(9)4-6;7-6-4-2-1-3-5-6/h3-5,9H,1-2H3;1-5H. The molecule has 0 bridgehead atoms. The summed E-state index contributed by atoms with van der Waals surface area (Å²) in [5.74, 6) is 0.354. The van der Waals surface area contributed by atoms with Gasteiger partial charge < -0.3 is 5.11 Å². The Morgan fingerprint density at radius 1 is 0.875 bits per heavy atom. The van der Waals surface area contributed by atoms with Crippen LogP contribution in [0.5, 0.6) is 5.75 Å². The summed E-state index contributed by atoms with van der Waals surface area (Å²) in [4.78, 5) is 0. The monoisotopic (exact) mass is 234 g/mol. The van der Waals surface area contributed by atoms with E-state index in [1.165, 1.54) is 0 Å². The van der Waals surface area contributed by atoms with Gasteiger partial charge in [0, 0.05) is 5.02 Å². The zero-order valence-electron chi connectivity index (χ0n) is 9.44. The molecule has 0 aliphatic heterocycles. The fourth-order valence-electron chi connectivity index (χ4n) is 1.37. The van der Waals surface area contributed by atoms with Crippen LogP contribution in [0.15, 0.2) is 48.5 Å². The zero-order valence-corrected chi connectivity index (χ0v) is 10.2. The lowest BCUT2D eigenvalue weighted by Crippen LogP contribution is -1.74. The van der Waals surface area contributed by atoms with Gasteiger partial charge in [0.2, 0.25) is 0 Å². The van der Waals surface area contributed by atoms with Crippen molar-refractivity contribution in [3.05, 3.63) is 64.7 Å². The minimum absolute atomic E-state index is 0.354. The molecule has 0 saturated carbocycles. The minimum Gasteiger partial charge on any atom is -0.508 e. The van der Waals surface area contributed by atoms with Crippen LogP contribution in [0.3, 0.4) is 0 Å². The van der Waals surface area contributed by atoms with Crippen LogP contribution >= 0.6 is 11.6 Å². The van der Waals surface area contributed by atoms with E-state index in [1.807, 2.05) is 50.2 Å². The van der Waals surface area contributed by atoms with Crippen LogP contribution in [0.4, 0.5) is 0 Å². The van der Waals surface area contributed by atoms with Crippen molar-refractivity contribution in [3.8, 4) is 5.75 Å². The molecule has 0 spiro atoms. The summed E-state index contributed by atoms with van der Waals surface area (Å²) in [5.41, 5.74) is 2.21. The number of rotatable bonds is 0. The van der Waals surface area contributed by atoms with Gasteiger partial charge in [0.1, 0.15) is 5.75 Å². The molecule has 0 radical (unpaired) electrons. The SMILES string of the molecule is Cc1cc(C)cc(O)c1.Clc1ccccc1.